The van der Waals surface area contributed by atoms with Crippen LogP contribution in [0.3, 0.4) is 0 Å². The Bertz CT molecular complexity index is 778. The van der Waals surface area contributed by atoms with Gasteiger partial charge in [-0.1, -0.05) is 5.21 Å². The van der Waals surface area contributed by atoms with Crippen LogP contribution in [0.25, 0.3) is 11.2 Å². The lowest BCUT2D eigenvalue weighted by atomic mass is 9.77. The van der Waals surface area contributed by atoms with Gasteiger partial charge in [0, 0.05) is 11.7 Å². The standard InChI is InChI=1S/C16H23BN4O3/c1-14(2)15(3,4)24-17(23-14)10-6-12-13(18-9-10)21(20-19-12)11-7-16(5,22)8-11/h6,9,11,22H,7-8H2,1-5H3/t11-,16+. The Morgan fingerprint density at radius 1 is 1.17 bits per heavy atom. The van der Waals surface area contributed by atoms with Crippen LogP contribution >= 0.6 is 0 Å². The second-order valence-electron chi connectivity index (χ2n) is 8.29. The average Bonchev–Trinajstić information content (AvgIpc) is 2.94. The lowest BCUT2D eigenvalue weighted by Gasteiger charge is -2.40. The number of pyridine rings is 1. The second-order valence-corrected chi connectivity index (χ2v) is 8.29. The summed E-state index contributed by atoms with van der Waals surface area (Å²) in [6.45, 7) is 9.94. The molecular weight excluding hydrogens is 307 g/mol. The van der Waals surface area contributed by atoms with Gasteiger partial charge in [-0.05, 0) is 53.5 Å². The second kappa shape index (κ2) is 4.77. The van der Waals surface area contributed by atoms with Crippen LogP contribution in [0, 0.1) is 0 Å². The van der Waals surface area contributed by atoms with Gasteiger partial charge < -0.3 is 14.4 Å². The van der Waals surface area contributed by atoms with Crippen molar-refractivity contribution in [3.8, 4) is 0 Å². The van der Waals surface area contributed by atoms with Crippen molar-refractivity contribution in [3.63, 3.8) is 0 Å². The summed E-state index contributed by atoms with van der Waals surface area (Å²) in [6.07, 6.45) is 3.11. The zero-order valence-corrected chi connectivity index (χ0v) is 14.8. The molecule has 0 spiro atoms. The van der Waals surface area contributed by atoms with E-state index in [1.807, 2.05) is 40.7 Å². The molecule has 4 rings (SSSR count). The quantitative estimate of drug-likeness (QED) is 0.834. The highest BCUT2D eigenvalue weighted by Crippen LogP contribution is 2.41. The molecule has 0 bridgehead atoms. The smallest absolute Gasteiger partial charge is 0.399 e. The first-order chi connectivity index (χ1) is 11.1. The molecule has 3 heterocycles. The van der Waals surface area contributed by atoms with Crippen molar-refractivity contribution in [1.82, 2.24) is 20.0 Å². The van der Waals surface area contributed by atoms with Crippen molar-refractivity contribution in [2.75, 3.05) is 0 Å². The topological polar surface area (TPSA) is 82.3 Å². The van der Waals surface area contributed by atoms with E-state index < -0.39 is 12.7 Å². The Kier molecular flexibility index (Phi) is 3.18. The van der Waals surface area contributed by atoms with E-state index in [1.54, 1.807) is 10.9 Å². The number of hydrogen-bond donors (Lipinski definition) is 1. The third kappa shape index (κ3) is 2.36. The molecule has 128 valence electrons. The monoisotopic (exact) mass is 330 g/mol. The Hall–Kier alpha value is -1.51. The van der Waals surface area contributed by atoms with Crippen molar-refractivity contribution < 1.29 is 14.4 Å². The first-order valence-corrected chi connectivity index (χ1v) is 8.37. The minimum absolute atomic E-state index is 0.153. The van der Waals surface area contributed by atoms with E-state index in [2.05, 4.69) is 15.3 Å². The van der Waals surface area contributed by atoms with Gasteiger partial charge >= 0.3 is 7.12 Å². The maximum atomic E-state index is 9.93. The molecule has 2 aliphatic rings. The van der Waals surface area contributed by atoms with Crippen LogP contribution in [0.15, 0.2) is 12.3 Å². The molecule has 2 fully saturated rings. The van der Waals surface area contributed by atoms with Crippen LogP contribution in [-0.2, 0) is 9.31 Å². The summed E-state index contributed by atoms with van der Waals surface area (Å²) in [4.78, 5) is 4.53. The van der Waals surface area contributed by atoms with E-state index in [9.17, 15) is 5.11 Å². The molecule has 0 radical (unpaired) electrons. The molecule has 1 aliphatic carbocycles. The maximum Gasteiger partial charge on any atom is 0.496 e. The van der Waals surface area contributed by atoms with E-state index in [0.717, 1.165) is 11.1 Å². The van der Waals surface area contributed by atoms with Gasteiger partial charge in [0.15, 0.2) is 5.65 Å². The van der Waals surface area contributed by atoms with Crippen LogP contribution < -0.4 is 5.46 Å². The summed E-state index contributed by atoms with van der Waals surface area (Å²) in [5, 5.41) is 18.4. The fraction of sp³-hybridized carbons (Fsp3) is 0.688. The van der Waals surface area contributed by atoms with E-state index >= 15 is 0 Å². The van der Waals surface area contributed by atoms with Crippen LogP contribution in [0.5, 0.6) is 0 Å². The summed E-state index contributed by atoms with van der Waals surface area (Å²) in [6, 6.07) is 2.07. The molecule has 8 heteroatoms. The van der Waals surface area contributed by atoms with E-state index in [-0.39, 0.29) is 17.2 Å². The van der Waals surface area contributed by atoms with Gasteiger partial charge in [0.25, 0.3) is 0 Å². The Morgan fingerprint density at radius 3 is 2.38 bits per heavy atom. The van der Waals surface area contributed by atoms with Gasteiger partial charge in [0.1, 0.15) is 5.52 Å². The lowest BCUT2D eigenvalue weighted by Crippen LogP contribution is -2.42. The summed E-state index contributed by atoms with van der Waals surface area (Å²) in [5.41, 5.74) is 0.910. The molecule has 1 N–H and O–H groups in total. The molecule has 1 saturated carbocycles. The summed E-state index contributed by atoms with van der Waals surface area (Å²) >= 11 is 0. The number of aliphatic hydroxyl groups is 1. The van der Waals surface area contributed by atoms with Crippen molar-refractivity contribution in [2.45, 2.75) is 70.3 Å². The van der Waals surface area contributed by atoms with E-state index in [1.165, 1.54) is 0 Å². The predicted octanol–water partition coefficient (Wildman–Crippen LogP) is 1.21. The minimum Gasteiger partial charge on any atom is -0.399 e. The van der Waals surface area contributed by atoms with Crippen molar-refractivity contribution in [3.05, 3.63) is 12.3 Å². The van der Waals surface area contributed by atoms with Crippen LogP contribution in [0.4, 0.5) is 0 Å². The molecule has 24 heavy (non-hydrogen) atoms. The zero-order valence-electron chi connectivity index (χ0n) is 14.8. The molecule has 0 unspecified atom stereocenters. The number of rotatable bonds is 2. The summed E-state index contributed by atoms with van der Waals surface area (Å²) < 4.78 is 13.9. The number of nitrogens with zero attached hydrogens (tertiary/aromatic N) is 4. The van der Waals surface area contributed by atoms with Crippen LogP contribution in [-0.4, -0.2) is 49.0 Å². The fourth-order valence-corrected chi connectivity index (χ4v) is 3.33. The number of aromatic nitrogens is 4. The molecule has 2 aromatic heterocycles. The molecule has 2 aromatic rings. The average molecular weight is 330 g/mol. The zero-order chi connectivity index (χ0) is 17.3. The highest BCUT2D eigenvalue weighted by molar-refractivity contribution is 6.62. The molecule has 7 nitrogen and oxygen atoms in total. The first kappa shape index (κ1) is 16.0. The van der Waals surface area contributed by atoms with Gasteiger partial charge in [-0.25, -0.2) is 9.67 Å². The van der Waals surface area contributed by atoms with Gasteiger partial charge in [-0.15, -0.1) is 5.10 Å². The van der Waals surface area contributed by atoms with Crippen molar-refractivity contribution >= 4 is 23.7 Å². The third-order valence-electron chi connectivity index (χ3n) is 5.56. The SMILES string of the molecule is CC1(C)OB(c2cnc3c(c2)nnn3[C@H]2C[C@@](C)(O)C2)OC1(C)C. The van der Waals surface area contributed by atoms with E-state index in [4.69, 9.17) is 9.31 Å². The number of fused-ring (bicyclic) bond motifs is 1. The Labute approximate surface area is 141 Å². The molecule has 0 atom stereocenters. The van der Waals surface area contributed by atoms with Crippen molar-refractivity contribution in [2.24, 2.45) is 0 Å². The molecule has 0 aromatic carbocycles. The largest absolute Gasteiger partial charge is 0.496 e. The van der Waals surface area contributed by atoms with Crippen LogP contribution in [0.1, 0.15) is 53.5 Å². The first-order valence-electron chi connectivity index (χ1n) is 8.37. The maximum absolute atomic E-state index is 9.93. The minimum atomic E-state index is -0.606. The normalized spacial score (nSPS) is 31.4. The van der Waals surface area contributed by atoms with Gasteiger partial charge in [-0.3, -0.25) is 0 Å². The molecular formula is C16H23BN4O3. The third-order valence-corrected chi connectivity index (χ3v) is 5.56. The summed E-state index contributed by atoms with van der Waals surface area (Å²) in [5.74, 6) is 0. The molecule has 0 amide bonds. The van der Waals surface area contributed by atoms with Gasteiger partial charge in [0.05, 0.1) is 22.8 Å². The van der Waals surface area contributed by atoms with Gasteiger partial charge in [-0.2, -0.15) is 0 Å². The highest BCUT2D eigenvalue weighted by Gasteiger charge is 2.52. The van der Waals surface area contributed by atoms with Crippen molar-refractivity contribution in [1.29, 1.82) is 0 Å². The lowest BCUT2D eigenvalue weighted by molar-refractivity contribution is -0.0536. The molecule has 1 saturated heterocycles. The predicted molar refractivity (Wildman–Crippen MR) is 89.9 cm³/mol. The Morgan fingerprint density at radius 2 is 1.79 bits per heavy atom. The summed E-state index contributed by atoms with van der Waals surface area (Å²) in [7, 11) is -0.457. The van der Waals surface area contributed by atoms with Gasteiger partial charge in [0.2, 0.25) is 0 Å². The number of hydrogen-bond acceptors (Lipinski definition) is 6. The fourth-order valence-electron chi connectivity index (χ4n) is 3.33. The highest BCUT2D eigenvalue weighted by atomic mass is 16.7. The van der Waals surface area contributed by atoms with Crippen LogP contribution in [0.2, 0.25) is 0 Å². The molecule has 1 aliphatic heterocycles. The Balaban J connectivity index is 1.62. The van der Waals surface area contributed by atoms with E-state index in [0.29, 0.717) is 18.4 Å².